The quantitative estimate of drug-likeness (QED) is 0.650. The van der Waals surface area contributed by atoms with Crippen LogP contribution in [-0.4, -0.2) is 0 Å². The minimum absolute atomic E-state index is 0.0855. The Morgan fingerprint density at radius 3 is 1.42 bits per heavy atom. The van der Waals surface area contributed by atoms with Gasteiger partial charge >= 0.3 is 0 Å². The molecule has 0 spiro atoms. The fourth-order valence-corrected chi connectivity index (χ4v) is 1.85. The zero-order valence-corrected chi connectivity index (χ0v) is 9.60. The highest BCUT2D eigenvalue weighted by Crippen LogP contribution is 2.42. The van der Waals surface area contributed by atoms with E-state index in [1.165, 1.54) is 0 Å². The predicted octanol–water partition coefficient (Wildman–Crippen LogP) is 2.38. The Hall–Kier alpha value is -3.34. The summed E-state index contributed by atoms with van der Waals surface area (Å²) >= 11 is 0. The monoisotopic (exact) mass is 240 g/mol. The molecule has 1 aliphatic rings. The molecule has 0 atom stereocenters. The van der Waals surface area contributed by atoms with Gasteiger partial charge in [-0.3, -0.25) is 0 Å². The summed E-state index contributed by atoms with van der Waals surface area (Å²) in [6.07, 6.45) is 2.83. The summed E-state index contributed by atoms with van der Waals surface area (Å²) in [5, 5.41) is 35.7. The number of fused-ring (bicyclic) bond motifs is 1. The Bertz CT molecular complexity index is 684. The van der Waals surface area contributed by atoms with Crippen molar-refractivity contribution < 1.29 is 0 Å². The lowest BCUT2D eigenvalue weighted by Gasteiger charge is -1.98. The molecule has 84 valence electrons. The maximum Gasteiger partial charge on any atom is 0.134 e. The largest absolute Gasteiger partial charge is 0.192 e. The van der Waals surface area contributed by atoms with E-state index in [-0.39, 0.29) is 11.1 Å². The van der Waals surface area contributed by atoms with E-state index in [1.54, 1.807) is 48.5 Å². The summed E-state index contributed by atoms with van der Waals surface area (Å²) in [6, 6.07) is 14.2. The lowest BCUT2D eigenvalue weighted by Crippen LogP contribution is -1.83. The highest BCUT2D eigenvalue weighted by atomic mass is 14.4. The second-order valence-electron chi connectivity index (χ2n) is 3.62. The third-order valence-corrected chi connectivity index (χ3v) is 2.66. The summed E-state index contributed by atoms with van der Waals surface area (Å²) in [6.45, 7) is 0. The average Bonchev–Trinajstić information content (AvgIpc) is 2.82. The standard InChI is InChI=1S/C15H4N4/c16-6-10(7-17)14-5-15(11(8-18)9-19)13-4-2-1-3-12(13)14/h1-4H. The lowest BCUT2D eigenvalue weighted by atomic mass is 10.0. The third-order valence-electron chi connectivity index (χ3n) is 2.66. The van der Waals surface area contributed by atoms with E-state index in [2.05, 4.69) is 6.42 Å². The highest BCUT2D eigenvalue weighted by Gasteiger charge is 2.27. The van der Waals surface area contributed by atoms with Crippen molar-refractivity contribution in [1.29, 1.82) is 21.0 Å². The van der Waals surface area contributed by atoms with Crippen LogP contribution in [0.4, 0.5) is 0 Å². The van der Waals surface area contributed by atoms with Crippen molar-refractivity contribution in [2.24, 2.45) is 0 Å². The number of nitrogens with zero attached hydrogens (tertiary/aromatic N) is 4. The zero-order chi connectivity index (χ0) is 13.8. The summed E-state index contributed by atoms with van der Waals surface area (Å²) in [7, 11) is 0. The van der Waals surface area contributed by atoms with Crippen molar-refractivity contribution in [3.05, 3.63) is 53.0 Å². The molecule has 2 radical (unpaired) electrons. The van der Waals surface area contributed by atoms with Crippen molar-refractivity contribution in [3.8, 4) is 24.3 Å². The molecule has 1 aliphatic carbocycles. The Morgan fingerprint density at radius 1 is 0.737 bits per heavy atom. The van der Waals surface area contributed by atoms with Crippen LogP contribution in [0.5, 0.6) is 0 Å². The summed E-state index contributed by atoms with van der Waals surface area (Å²) < 4.78 is 0. The number of hydrogen-bond donors (Lipinski definition) is 0. The molecule has 0 heterocycles. The van der Waals surface area contributed by atoms with Crippen LogP contribution in [-0.2, 0) is 0 Å². The van der Waals surface area contributed by atoms with Crippen molar-refractivity contribution in [3.63, 3.8) is 0 Å². The normalized spacial score (nSPS) is 11.6. The van der Waals surface area contributed by atoms with Crippen LogP contribution in [0.15, 0.2) is 35.4 Å². The molecule has 1 aromatic carbocycles. The molecule has 4 nitrogen and oxygen atoms in total. The maximum atomic E-state index is 8.93. The van der Waals surface area contributed by atoms with Gasteiger partial charge < -0.3 is 0 Å². The number of benzene rings is 1. The predicted molar refractivity (Wildman–Crippen MR) is 66.0 cm³/mol. The molecular formula is C15H4N4. The van der Waals surface area contributed by atoms with Crippen LogP contribution in [0.1, 0.15) is 11.1 Å². The van der Waals surface area contributed by atoms with Gasteiger partial charge in [-0.2, -0.15) is 21.0 Å². The van der Waals surface area contributed by atoms with Gasteiger partial charge in [-0.05, 0) is 11.1 Å². The van der Waals surface area contributed by atoms with Gasteiger partial charge in [-0.15, -0.1) is 0 Å². The first-order valence-electron chi connectivity index (χ1n) is 5.22. The molecule has 0 bridgehead atoms. The van der Waals surface area contributed by atoms with Crippen LogP contribution >= 0.6 is 0 Å². The Balaban J connectivity index is 2.82. The van der Waals surface area contributed by atoms with Gasteiger partial charge in [0.1, 0.15) is 35.4 Å². The molecule has 0 saturated heterocycles. The molecule has 19 heavy (non-hydrogen) atoms. The first-order valence-corrected chi connectivity index (χ1v) is 5.22. The topological polar surface area (TPSA) is 95.2 Å². The van der Waals surface area contributed by atoms with E-state index >= 15 is 0 Å². The van der Waals surface area contributed by atoms with Gasteiger partial charge in [0.25, 0.3) is 0 Å². The molecule has 0 fully saturated rings. The fraction of sp³-hybridized carbons (Fsp3) is 0. The van der Waals surface area contributed by atoms with E-state index in [1.807, 2.05) is 0 Å². The van der Waals surface area contributed by atoms with E-state index < -0.39 is 0 Å². The molecule has 0 amide bonds. The van der Waals surface area contributed by atoms with E-state index in [0.717, 1.165) is 0 Å². The van der Waals surface area contributed by atoms with E-state index in [0.29, 0.717) is 22.3 Å². The van der Waals surface area contributed by atoms with E-state index in [4.69, 9.17) is 21.0 Å². The smallest absolute Gasteiger partial charge is 0.134 e. The van der Waals surface area contributed by atoms with Crippen LogP contribution < -0.4 is 0 Å². The molecule has 0 aromatic heterocycles. The van der Waals surface area contributed by atoms with Crippen LogP contribution in [0, 0.1) is 51.7 Å². The second kappa shape index (κ2) is 4.89. The first kappa shape index (κ1) is 12.1. The molecule has 0 saturated carbocycles. The number of hydrogen-bond acceptors (Lipinski definition) is 4. The van der Waals surface area contributed by atoms with Crippen molar-refractivity contribution >= 4 is 11.1 Å². The Morgan fingerprint density at radius 2 is 1.11 bits per heavy atom. The van der Waals surface area contributed by atoms with Gasteiger partial charge in [0.05, 0.1) is 6.42 Å². The minimum atomic E-state index is -0.0855. The lowest BCUT2D eigenvalue weighted by molar-refractivity contribution is 1.46. The summed E-state index contributed by atoms with van der Waals surface area (Å²) in [5.41, 5.74) is 1.77. The Kier molecular flexibility index (Phi) is 3.12. The Labute approximate surface area is 110 Å². The molecule has 0 N–H and O–H groups in total. The van der Waals surface area contributed by atoms with Crippen LogP contribution in [0.3, 0.4) is 0 Å². The molecule has 0 unspecified atom stereocenters. The first-order chi connectivity index (χ1) is 9.26. The van der Waals surface area contributed by atoms with Crippen molar-refractivity contribution in [2.75, 3.05) is 0 Å². The summed E-state index contributed by atoms with van der Waals surface area (Å²) in [4.78, 5) is 0. The molecule has 0 aliphatic heterocycles. The highest BCUT2D eigenvalue weighted by molar-refractivity contribution is 6.05. The van der Waals surface area contributed by atoms with Crippen molar-refractivity contribution in [1.82, 2.24) is 0 Å². The van der Waals surface area contributed by atoms with Gasteiger partial charge in [0.2, 0.25) is 0 Å². The third kappa shape index (κ3) is 1.85. The van der Waals surface area contributed by atoms with Gasteiger partial charge in [-0.1, -0.05) is 24.3 Å². The average molecular weight is 240 g/mol. The molecule has 2 rings (SSSR count). The maximum absolute atomic E-state index is 8.93. The molecular weight excluding hydrogens is 236 g/mol. The van der Waals surface area contributed by atoms with Gasteiger partial charge in [-0.25, -0.2) is 0 Å². The van der Waals surface area contributed by atoms with Crippen LogP contribution in [0.25, 0.3) is 11.1 Å². The van der Waals surface area contributed by atoms with E-state index in [9.17, 15) is 0 Å². The van der Waals surface area contributed by atoms with Gasteiger partial charge in [0, 0.05) is 11.1 Å². The fourth-order valence-electron chi connectivity index (χ4n) is 1.85. The molecule has 4 heteroatoms. The van der Waals surface area contributed by atoms with Crippen molar-refractivity contribution in [2.45, 2.75) is 0 Å². The number of rotatable bonds is 0. The summed E-state index contributed by atoms with van der Waals surface area (Å²) in [5.74, 6) is 0. The number of nitriles is 4. The second-order valence-corrected chi connectivity index (χ2v) is 3.62. The zero-order valence-electron chi connectivity index (χ0n) is 9.60. The SMILES string of the molecule is N#CC(C#N)=C1[C]C(=C(C#N)C#N)c2ccccc21. The van der Waals surface area contributed by atoms with Gasteiger partial charge in [0.15, 0.2) is 0 Å². The number of allylic oxidation sites excluding steroid dienone is 4. The minimum Gasteiger partial charge on any atom is -0.192 e. The molecule has 1 aromatic rings. The van der Waals surface area contributed by atoms with Crippen LogP contribution in [0.2, 0.25) is 0 Å².